The molecule has 0 saturated carbocycles. The molecule has 2 heteroatoms. The van der Waals surface area contributed by atoms with E-state index in [2.05, 4.69) is 26.0 Å². The standard InChI is InChI=1S/C21H31FO/c1-3-5-6-8-17-9-11-19(12-10-17)16-23-21-14-13-18(7-4-2)15-20(21)22/h9,11,13-15,17,19H,3-8,10,12,16H2,1-2H3. The summed E-state index contributed by atoms with van der Waals surface area (Å²) in [6.07, 6.45) is 14.3. The zero-order valence-electron chi connectivity index (χ0n) is 14.7. The molecule has 0 amide bonds. The maximum absolute atomic E-state index is 14.0. The van der Waals surface area contributed by atoms with E-state index in [1.165, 1.54) is 32.1 Å². The molecule has 0 saturated heterocycles. The van der Waals surface area contributed by atoms with Crippen LogP contribution >= 0.6 is 0 Å². The molecule has 128 valence electrons. The Bertz CT molecular complexity index is 495. The summed E-state index contributed by atoms with van der Waals surface area (Å²) in [5.41, 5.74) is 1.05. The van der Waals surface area contributed by atoms with Gasteiger partial charge in [0.05, 0.1) is 6.61 Å². The maximum Gasteiger partial charge on any atom is 0.165 e. The molecule has 2 unspecified atom stereocenters. The summed E-state index contributed by atoms with van der Waals surface area (Å²) in [5, 5.41) is 0. The van der Waals surface area contributed by atoms with Gasteiger partial charge in [-0.05, 0) is 49.3 Å². The van der Waals surface area contributed by atoms with E-state index in [4.69, 9.17) is 4.74 Å². The van der Waals surface area contributed by atoms with Gasteiger partial charge < -0.3 is 4.74 Å². The van der Waals surface area contributed by atoms with Crippen molar-refractivity contribution in [2.24, 2.45) is 11.8 Å². The van der Waals surface area contributed by atoms with Crippen LogP contribution in [0, 0.1) is 17.7 Å². The first-order valence-electron chi connectivity index (χ1n) is 9.32. The second-order valence-electron chi connectivity index (χ2n) is 6.80. The van der Waals surface area contributed by atoms with Crippen molar-refractivity contribution in [3.8, 4) is 5.75 Å². The lowest BCUT2D eigenvalue weighted by Crippen LogP contribution is -2.16. The molecule has 0 N–H and O–H groups in total. The lowest BCUT2D eigenvalue weighted by atomic mass is 9.86. The Morgan fingerprint density at radius 3 is 2.48 bits per heavy atom. The molecule has 0 fully saturated rings. The van der Waals surface area contributed by atoms with Crippen LogP contribution in [0.5, 0.6) is 5.75 Å². The van der Waals surface area contributed by atoms with Gasteiger partial charge in [0.15, 0.2) is 11.6 Å². The zero-order chi connectivity index (χ0) is 16.5. The van der Waals surface area contributed by atoms with E-state index in [-0.39, 0.29) is 5.82 Å². The Kier molecular flexibility index (Phi) is 7.64. The van der Waals surface area contributed by atoms with Gasteiger partial charge in [0.1, 0.15) is 0 Å². The topological polar surface area (TPSA) is 9.23 Å². The smallest absolute Gasteiger partial charge is 0.165 e. The van der Waals surface area contributed by atoms with Gasteiger partial charge in [-0.2, -0.15) is 0 Å². The molecule has 1 aromatic carbocycles. The van der Waals surface area contributed by atoms with Crippen molar-refractivity contribution >= 4 is 0 Å². The fourth-order valence-electron chi connectivity index (χ4n) is 3.27. The number of hydrogen-bond acceptors (Lipinski definition) is 1. The molecular formula is C21H31FO. The minimum atomic E-state index is -0.229. The van der Waals surface area contributed by atoms with Gasteiger partial charge in [0.25, 0.3) is 0 Å². The number of halogens is 1. The molecule has 1 aromatic rings. The van der Waals surface area contributed by atoms with E-state index in [9.17, 15) is 4.39 Å². The number of unbranched alkanes of at least 4 members (excludes halogenated alkanes) is 2. The maximum atomic E-state index is 14.0. The first-order valence-corrected chi connectivity index (χ1v) is 9.32. The number of aryl methyl sites for hydroxylation is 1. The highest BCUT2D eigenvalue weighted by Gasteiger charge is 2.16. The monoisotopic (exact) mass is 318 g/mol. The summed E-state index contributed by atoms with van der Waals surface area (Å²) in [4.78, 5) is 0. The number of ether oxygens (including phenoxy) is 1. The van der Waals surface area contributed by atoms with E-state index in [0.29, 0.717) is 18.3 Å². The van der Waals surface area contributed by atoms with E-state index < -0.39 is 0 Å². The van der Waals surface area contributed by atoms with Gasteiger partial charge in [-0.3, -0.25) is 0 Å². The Hall–Kier alpha value is -1.31. The van der Waals surface area contributed by atoms with Gasteiger partial charge in [-0.15, -0.1) is 0 Å². The van der Waals surface area contributed by atoms with Crippen LogP contribution < -0.4 is 4.74 Å². The second-order valence-corrected chi connectivity index (χ2v) is 6.80. The third-order valence-corrected chi connectivity index (χ3v) is 4.73. The minimum absolute atomic E-state index is 0.229. The average Bonchev–Trinajstić information content (AvgIpc) is 2.56. The highest BCUT2D eigenvalue weighted by atomic mass is 19.1. The molecule has 2 atom stereocenters. The van der Waals surface area contributed by atoms with Crippen LogP contribution in [-0.2, 0) is 6.42 Å². The van der Waals surface area contributed by atoms with Crippen LogP contribution in [0.1, 0.15) is 64.4 Å². The number of hydrogen-bond donors (Lipinski definition) is 0. The van der Waals surface area contributed by atoms with Crippen molar-refractivity contribution in [2.75, 3.05) is 6.61 Å². The fourth-order valence-corrected chi connectivity index (χ4v) is 3.27. The number of benzene rings is 1. The summed E-state index contributed by atoms with van der Waals surface area (Å²) < 4.78 is 19.7. The Morgan fingerprint density at radius 2 is 1.83 bits per heavy atom. The largest absolute Gasteiger partial charge is 0.490 e. The Balaban J connectivity index is 1.77. The van der Waals surface area contributed by atoms with E-state index in [0.717, 1.165) is 30.7 Å². The average molecular weight is 318 g/mol. The first-order chi connectivity index (χ1) is 11.2. The lowest BCUT2D eigenvalue weighted by Gasteiger charge is -2.23. The van der Waals surface area contributed by atoms with Crippen molar-refractivity contribution in [1.29, 1.82) is 0 Å². The predicted octanol–water partition coefficient (Wildman–Crippen LogP) is 6.32. The molecule has 1 nitrogen and oxygen atoms in total. The number of allylic oxidation sites excluding steroid dienone is 1. The minimum Gasteiger partial charge on any atom is -0.490 e. The van der Waals surface area contributed by atoms with Crippen molar-refractivity contribution in [2.45, 2.75) is 65.2 Å². The number of rotatable bonds is 9. The normalized spacial score (nSPS) is 20.7. The van der Waals surface area contributed by atoms with Gasteiger partial charge in [-0.25, -0.2) is 4.39 Å². The molecule has 23 heavy (non-hydrogen) atoms. The Labute approximate surface area is 140 Å². The molecule has 0 bridgehead atoms. The van der Waals surface area contributed by atoms with Gasteiger partial charge in [0.2, 0.25) is 0 Å². The molecule has 0 heterocycles. The highest BCUT2D eigenvalue weighted by molar-refractivity contribution is 5.29. The molecule has 1 aliphatic rings. The van der Waals surface area contributed by atoms with Crippen LogP contribution in [0.15, 0.2) is 30.4 Å². The zero-order valence-corrected chi connectivity index (χ0v) is 14.7. The van der Waals surface area contributed by atoms with Crippen molar-refractivity contribution in [3.63, 3.8) is 0 Å². The molecule has 0 aliphatic heterocycles. The van der Waals surface area contributed by atoms with Crippen LogP contribution in [-0.4, -0.2) is 6.61 Å². The molecular weight excluding hydrogens is 287 g/mol. The molecule has 1 aliphatic carbocycles. The Morgan fingerprint density at radius 1 is 1.04 bits per heavy atom. The van der Waals surface area contributed by atoms with Crippen LogP contribution in [0.2, 0.25) is 0 Å². The first kappa shape index (κ1) is 18.0. The van der Waals surface area contributed by atoms with E-state index >= 15 is 0 Å². The van der Waals surface area contributed by atoms with Crippen LogP contribution in [0.4, 0.5) is 4.39 Å². The van der Waals surface area contributed by atoms with E-state index in [1.807, 2.05) is 6.07 Å². The molecule has 0 aromatic heterocycles. The van der Waals surface area contributed by atoms with Crippen LogP contribution in [0.25, 0.3) is 0 Å². The lowest BCUT2D eigenvalue weighted by molar-refractivity contribution is 0.244. The third kappa shape index (κ3) is 6.01. The summed E-state index contributed by atoms with van der Waals surface area (Å²) in [5.74, 6) is 1.33. The van der Waals surface area contributed by atoms with E-state index in [1.54, 1.807) is 12.1 Å². The summed E-state index contributed by atoms with van der Waals surface area (Å²) in [7, 11) is 0. The van der Waals surface area contributed by atoms with Crippen molar-refractivity contribution < 1.29 is 9.13 Å². The van der Waals surface area contributed by atoms with Gasteiger partial charge >= 0.3 is 0 Å². The molecule has 0 spiro atoms. The summed E-state index contributed by atoms with van der Waals surface area (Å²) in [6, 6.07) is 5.36. The third-order valence-electron chi connectivity index (χ3n) is 4.73. The van der Waals surface area contributed by atoms with Crippen molar-refractivity contribution in [1.82, 2.24) is 0 Å². The second kappa shape index (κ2) is 9.75. The van der Waals surface area contributed by atoms with Crippen molar-refractivity contribution in [3.05, 3.63) is 41.7 Å². The fraction of sp³-hybridized carbons (Fsp3) is 0.619. The van der Waals surface area contributed by atoms with Crippen LogP contribution in [0.3, 0.4) is 0 Å². The summed E-state index contributed by atoms with van der Waals surface area (Å²) >= 11 is 0. The molecule has 0 radical (unpaired) electrons. The predicted molar refractivity (Wildman–Crippen MR) is 95.4 cm³/mol. The van der Waals surface area contributed by atoms with Gasteiger partial charge in [-0.1, -0.05) is 57.7 Å². The molecule has 2 rings (SSSR count). The SMILES string of the molecule is CCCCCC1C=CC(COc2ccc(CCC)cc2F)CC1. The highest BCUT2D eigenvalue weighted by Crippen LogP contribution is 2.27. The quantitative estimate of drug-likeness (QED) is 0.382. The van der Waals surface area contributed by atoms with Gasteiger partial charge in [0, 0.05) is 5.92 Å². The summed E-state index contributed by atoms with van der Waals surface area (Å²) in [6.45, 7) is 4.94.